The molecule has 0 bridgehead atoms. The monoisotopic (exact) mass is 453 g/mol. The number of ether oxygens (including phenoxy) is 1. The maximum Gasteiger partial charge on any atom is 0.338 e. The minimum Gasteiger partial charge on any atom is -0.462 e. The molecule has 0 spiro atoms. The molecular formula is C22H23N5O4S. The third-order valence-electron chi connectivity index (χ3n) is 4.31. The summed E-state index contributed by atoms with van der Waals surface area (Å²) in [5, 5.41) is 17.0. The lowest BCUT2D eigenvalue weighted by molar-refractivity contribution is -0.117. The van der Waals surface area contributed by atoms with Crippen LogP contribution < -0.4 is 16.0 Å². The second kappa shape index (κ2) is 10.5. The van der Waals surface area contributed by atoms with E-state index in [4.69, 9.17) is 4.74 Å². The molecule has 1 heterocycles. The predicted octanol–water partition coefficient (Wildman–Crippen LogP) is 3.84. The van der Waals surface area contributed by atoms with Gasteiger partial charge in [-0.15, -0.1) is 10.2 Å². The van der Waals surface area contributed by atoms with Crippen LogP contribution in [0.5, 0.6) is 0 Å². The summed E-state index contributed by atoms with van der Waals surface area (Å²) in [6.07, 6.45) is 0. The summed E-state index contributed by atoms with van der Waals surface area (Å²) < 4.78 is 4.92. The fourth-order valence-electron chi connectivity index (χ4n) is 2.72. The zero-order valence-corrected chi connectivity index (χ0v) is 18.7. The molecule has 1 aromatic heterocycles. The van der Waals surface area contributed by atoms with Crippen LogP contribution in [0.3, 0.4) is 0 Å². The SMILES string of the molecule is CCOC(=O)c1ccc(NC(=O)NC(C)C(=O)Nc2nnc(-c3cccc(C)c3)s2)cc1. The van der Waals surface area contributed by atoms with Crippen LogP contribution in [-0.2, 0) is 9.53 Å². The molecule has 0 aliphatic carbocycles. The van der Waals surface area contributed by atoms with Gasteiger partial charge in [0.25, 0.3) is 0 Å². The number of aryl methyl sites for hydroxylation is 1. The molecular weight excluding hydrogens is 430 g/mol. The molecule has 32 heavy (non-hydrogen) atoms. The minimum absolute atomic E-state index is 0.283. The van der Waals surface area contributed by atoms with E-state index in [9.17, 15) is 14.4 Å². The fourth-order valence-corrected chi connectivity index (χ4v) is 3.46. The van der Waals surface area contributed by atoms with Crippen molar-refractivity contribution < 1.29 is 19.1 Å². The van der Waals surface area contributed by atoms with E-state index in [0.717, 1.165) is 11.1 Å². The number of hydrogen-bond acceptors (Lipinski definition) is 7. The van der Waals surface area contributed by atoms with Crippen molar-refractivity contribution in [3.05, 3.63) is 59.7 Å². The van der Waals surface area contributed by atoms with Gasteiger partial charge in [0.1, 0.15) is 11.0 Å². The summed E-state index contributed by atoms with van der Waals surface area (Å²) in [5.74, 6) is -0.860. The number of anilines is 2. The van der Waals surface area contributed by atoms with Gasteiger partial charge in [-0.2, -0.15) is 0 Å². The summed E-state index contributed by atoms with van der Waals surface area (Å²) in [5.41, 5.74) is 2.87. The van der Waals surface area contributed by atoms with Gasteiger partial charge in [-0.25, -0.2) is 9.59 Å². The molecule has 1 atom stereocenters. The lowest BCUT2D eigenvalue weighted by atomic mass is 10.1. The Labute approximate surface area is 189 Å². The second-order valence-electron chi connectivity index (χ2n) is 6.89. The normalized spacial score (nSPS) is 11.3. The smallest absolute Gasteiger partial charge is 0.338 e. The molecule has 0 saturated heterocycles. The number of esters is 1. The Morgan fingerprint density at radius 3 is 2.50 bits per heavy atom. The topological polar surface area (TPSA) is 122 Å². The van der Waals surface area contributed by atoms with Crippen molar-refractivity contribution >= 4 is 40.1 Å². The Bertz CT molecular complexity index is 1110. The van der Waals surface area contributed by atoms with E-state index >= 15 is 0 Å². The van der Waals surface area contributed by atoms with Gasteiger partial charge in [-0.05, 0) is 51.1 Å². The molecule has 2 aromatic carbocycles. The first-order valence-electron chi connectivity index (χ1n) is 9.92. The maximum atomic E-state index is 12.4. The molecule has 1 unspecified atom stereocenters. The third-order valence-corrected chi connectivity index (χ3v) is 5.20. The number of nitrogens with one attached hydrogen (secondary N) is 3. The highest BCUT2D eigenvalue weighted by Crippen LogP contribution is 2.26. The fraction of sp³-hybridized carbons (Fsp3) is 0.227. The molecule has 3 amide bonds. The van der Waals surface area contributed by atoms with E-state index in [1.54, 1.807) is 38.1 Å². The van der Waals surface area contributed by atoms with Crippen LogP contribution in [0.1, 0.15) is 29.8 Å². The lowest BCUT2D eigenvalue weighted by Gasteiger charge is -2.13. The molecule has 0 aliphatic heterocycles. The number of hydrogen-bond donors (Lipinski definition) is 3. The Kier molecular flexibility index (Phi) is 7.50. The van der Waals surface area contributed by atoms with Crippen LogP contribution in [0.4, 0.5) is 15.6 Å². The molecule has 3 aromatic rings. The number of urea groups is 1. The lowest BCUT2D eigenvalue weighted by Crippen LogP contribution is -2.43. The molecule has 0 saturated carbocycles. The standard InChI is InChI=1S/C22H23N5O4S/c1-4-31-20(29)15-8-10-17(11-9-15)24-21(30)23-14(3)18(28)25-22-27-26-19(32-22)16-7-5-6-13(2)12-16/h5-12,14H,4H2,1-3H3,(H2,23,24,30)(H,25,27,28). The van der Waals surface area contributed by atoms with Gasteiger partial charge < -0.3 is 15.4 Å². The van der Waals surface area contributed by atoms with Crippen molar-refractivity contribution in [3.8, 4) is 10.6 Å². The van der Waals surface area contributed by atoms with Crippen LogP contribution >= 0.6 is 11.3 Å². The highest BCUT2D eigenvalue weighted by molar-refractivity contribution is 7.18. The molecule has 3 N–H and O–H groups in total. The zero-order chi connectivity index (χ0) is 23.1. The first-order chi connectivity index (χ1) is 15.4. The average Bonchev–Trinajstić information content (AvgIpc) is 3.23. The Hall–Kier alpha value is -3.79. The summed E-state index contributed by atoms with van der Waals surface area (Å²) in [6, 6.07) is 12.7. The Balaban J connectivity index is 1.52. The highest BCUT2D eigenvalue weighted by atomic mass is 32.1. The van der Waals surface area contributed by atoms with Crippen molar-refractivity contribution in [1.29, 1.82) is 0 Å². The Morgan fingerprint density at radius 1 is 1.06 bits per heavy atom. The van der Waals surface area contributed by atoms with E-state index in [-0.39, 0.29) is 6.61 Å². The summed E-state index contributed by atoms with van der Waals surface area (Å²) in [7, 11) is 0. The summed E-state index contributed by atoms with van der Waals surface area (Å²) in [6.45, 7) is 5.55. The van der Waals surface area contributed by atoms with Gasteiger partial charge in [-0.3, -0.25) is 10.1 Å². The number of rotatable bonds is 7. The predicted molar refractivity (Wildman–Crippen MR) is 123 cm³/mol. The van der Waals surface area contributed by atoms with E-state index in [0.29, 0.717) is 21.4 Å². The van der Waals surface area contributed by atoms with E-state index in [1.165, 1.54) is 11.3 Å². The minimum atomic E-state index is -0.819. The van der Waals surface area contributed by atoms with Crippen molar-refractivity contribution in [1.82, 2.24) is 15.5 Å². The quantitative estimate of drug-likeness (QED) is 0.467. The molecule has 9 nitrogen and oxygen atoms in total. The van der Waals surface area contributed by atoms with Gasteiger partial charge in [0.05, 0.1) is 12.2 Å². The molecule has 10 heteroatoms. The summed E-state index contributed by atoms with van der Waals surface area (Å²) in [4.78, 5) is 36.3. The molecule has 0 aliphatic rings. The first-order valence-corrected chi connectivity index (χ1v) is 10.7. The van der Waals surface area contributed by atoms with Gasteiger partial charge >= 0.3 is 12.0 Å². The molecule has 0 radical (unpaired) electrons. The largest absolute Gasteiger partial charge is 0.462 e. The van der Waals surface area contributed by atoms with Crippen LogP contribution in [0.25, 0.3) is 10.6 Å². The van der Waals surface area contributed by atoms with E-state index < -0.39 is 23.9 Å². The zero-order valence-electron chi connectivity index (χ0n) is 17.8. The van der Waals surface area contributed by atoms with Crippen molar-refractivity contribution in [3.63, 3.8) is 0 Å². The number of aromatic nitrogens is 2. The van der Waals surface area contributed by atoms with Crippen LogP contribution in [0.15, 0.2) is 48.5 Å². The molecule has 166 valence electrons. The van der Waals surface area contributed by atoms with Crippen molar-refractivity contribution in [2.45, 2.75) is 26.8 Å². The molecule has 0 fully saturated rings. The van der Waals surface area contributed by atoms with Crippen molar-refractivity contribution in [2.24, 2.45) is 0 Å². The van der Waals surface area contributed by atoms with E-state index in [1.807, 2.05) is 31.2 Å². The van der Waals surface area contributed by atoms with E-state index in [2.05, 4.69) is 26.1 Å². The van der Waals surface area contributed by atoms with Crippen LogP contribution in [-0.4, -0.2) is 40.8 Å². The van der Waals surface area contributed by atoms with Gasteiger partial charge in [-0.1, -0.05) is 35.1 Å². The highest BCUT2D eigenvalue weighted by Gasteiger charge is 2.18. The molecule has 3 rings (SSSR count). The van der Waals surface area contributed by atoms with Gasteiger partial charge in [0.15, 0.2) is 0 Å². The number of amides is 3. The number of benzene rings is 2. The number of carbonyl (C=O) groups excluding carboxylic acids is 3. The van der Waals surface area contributed by atoms with Crippen molar-refractivity contribution in [2.75, 3.05) is 17.2 Å². The van der Waals surface area contributed by atoms with Crippen LogP contribution in [0.2, 0.25) is 0 Å². The first kappa shape index (κ1) is 22.9. The number of nitrogens with zero attached hydrogens (tertiary/aromatic N) is 2. The number of carbonyl (C=O) groups is 3. The van der Waals surface area contributed by atoms with Crippen LogP contribution in [0, 0.1) is 6.92 Å². The maximum absolute atomic E-state index is 12.4. The Morgan fingerprint density at radius 2 is 1.81 bits per heavy atom. The van der Waals surface area contributed by atoms with Gasteiger partial charge in [0, 0.05) is 11.3 Å². The average molecular weight is 454 g/mol. The summed E-state index contributed by atoms with van der Waals surface area (Å²) >= 11 is 1.25. The second-order valence-corrected chi connectivity index (χ2v) is 7.87. The third kappa shape index (κ3) is 6.11. The van der Waals surface area contributed by atoms with Gasteiger partial charge in [0.2, 0.25) is 11.0 Å².